The highest BCUT2D eigenvalue weighted by molar-refractivity contribution is 5.42. The zero-order valence-corrected chi connectivity index (χ0v) is 10.1. The molecule has 1 aromatic heterocycles. The first kappa shape index (κ1) is 11.9. The predicted octanol–water partition coefficient (Wildman–Crippen LogP) is 1.69. The van der Waals surface area contributed by atoms with Crippen molar-refractivity contribution in [3.8, 4) is 6.07 Å². The second-order valence-corrected chi connectivity index (χ2v) is 4.85. The molecule has 0 aromatic carbocycles. The summed E-state index contributed by atoms with van der Waals surface area (Å²) in [7, 11) is 0. The Morgan fingerprint density at radius 2 is 2.24 bits per heavy atom. The fourth-order valence-corrected chi connectivity index (χ4v) is 2.13. The van der Waals surface area contributed by atoms with Crippen molar-refractivity contribution in [2.45, 2.75) is 31.8 Å². The van der Waals surface area contributed by atoms with Crippen molar-refractivity contribution in [2.75, 3.05) is 18.0 Å². The molecule has 0 amide bonds. The lowest BCUT2D eigenvalue weighted by Crippen LogP contribution is -2.28. The van der Waals surface area contributed by atoms with Crippen LogP contribution in [0.2, 0.25) is 0 Å². The van der Waals surface area contributed by atoms with E-state index in [1.165, 1.54) is 0 Å². The Hall–Kier alpha value is -1.60. The molecule has 17 heavy (non-hydrogen) atoms. The molecule has 90 valence electrons. The average molecular weight is 231 g/mol. The second-order valence-electron chi connectivity index (χ2n) is 4.85. The van der Waals surface area contributed by atoms with Gasteiger partial charge in [-0.25, -0.2) is 4.98 Å². The molecule has 4 nitrogen and oxygen atoms in total. The fraction of sp³-hybridized carbons (Fsp3) is 0.538. The van der Waals surface area contributed by atoms with Crippen molar-refractivity contribution in [1.82, 2.24) is 4.98 Å². The van der Waals surface area contributed by atoms with Crippen molar-refractivity contribution in [3.05, 3.63) is 23.9 Å². The third kappa shape index (κ3) is 2.95. The summed E-state index contributed by atoms with van der Waals surface area (Å²) >= 11 is 0. The Morgan fingerprint density at radius 3 is 2.88 bits per heavy atom. The quantitative estimate of drug-likeness (QED) is 0.799. The van der Waals surface area contributed by atoms with Crippen molar-refractivity contribution in [3.63, 3.8) is 0 Å². The van der Waals surface area contributed by atoms with Gasteiger partial charge in [0.2, 0.25) is 0 Å². The van der Waals surface area contributed by atoms with Crippen LogP contribution in [-0.4, -0.2) is 28.8 Å². The average Bonchev–Trinajstić information content (AvgIpc) is 2.50. The van der Waals surface area contributed by atoms with Crippen LogP contribution in [-0.2, 0) is 0 Å². The predicted molar refractivity (Wildman–Crippen MR) is 65.6 cm³/mol. The Labute approximate surface area is 102 Å². The summed E-state index contributed by atoms with van der Waals surface area (Å²) in [5.74, 6) is 0.890. The van der Waals surface area contributed by atoms with Crippen molar-refractivity contribution >= 4 is 5.82 Å². The van der Waals surface area contributed by atoms with Gasteiger partial charge in [-0.05, 0) is 38.3 Å². The Balaban J connectivity index is 2.09. The highest BCUT2D eigenvalue weighted by Crippen LogP contribution is 2.24. The number of nitrogens with zero attached hydrogens (tertiary/aromatic N) is 3. The first-order chi connectivity index (χ1) is 8.11. The van der Waals surface area contributed by atoms with E-state index < -0.39 is 5.60 Å². The first-order valence-electron chi connectivity index (χ1n) is 5.94. The molecule has 0 radical (unpaired) electrons. The number of aliphatic hydroxyl groups is 1. The number of pyridine rings is 1. The highest BCUT2D eigenvalue weighted by atomic mass is 16.3. The lowest BCUT2D eigenvalue weighted by atomic mass is 9.98. The minimum Gasteiger partial charge on any atom is -0.390 e. The van der Waals surface area contributed by atoms with Gasteiger partial charge in [-0.2, -0.15) is 5.26 Å². The van der Waals surface area contributed by atoms with Crippen molar-refractivity contribution in [1.29, 1.82) is 5.26 Å². The normalized spacial score (nSPS) is 25.1. The third-order valence-electron chi connectivity index (χ3n) is 3.26. The molecule has 1 N–H and O–H groups in total. The number of hydrogen-bond acceptors (Lipinski definition) is 4. The number of aromatic nitrogens is 1. The molecule has 0 saturated carbocycles. The molecule has 1 saturated heterocycles. The molecule has 1 atom stereocenters. The van der Waals surface area contributed by atoms with E-state index in [9.17, 15) is 5.11 Å². The zero-order valence-electron chi connectivity index (χ0n) is 10.1. The minimum atomic E-state index is -0.554. The largest absolute Gasteiger partial charge is 0.390 e. The van der Waals surface area contributed by atoms with E-state index in [1.807, 2.05) is 13.0 Å². The number of anilines is 1. The van der Waals surface area contributed by atoms with Crippen LogP contribution in [0, 0.1) is 11.3 Å². The topological polar surface area (TPSA) is 60.1 Å². The van der Waals surface area contributed by atoms with Crippen LogP contribution in [0.1, 0.15) is 31.7 Å². The van der Waals surface area contributed by atoms with Crippen molar-refractivity contribution < 1.29 is 5.11 Å². The summed E-state index contributed by atoms with van der Waals surface area (Å²) in [6.45, 7) is 3.61. The van der Waals surface area contributed by atoms with Crippen LogP contribution in [0.5, 0.6) is 0 Å². The van der Waals surface area contributed by atoms with Crippen LogP contribution in [0.4, 0.5) is 5.82 Å². The molecule has 1 aliphatic heterocycles. The first-order valence-corrected chi connectivity index (χ1v) is 5.94. The van der Waals surface area contributed by atoms with Gasteiger partial charge in [-0.15, -0.1) is 0 Å². The van der Waals surface area contributed by atoms with E-state index >= 15 is 0 Å². The SMILES string of the molecule is CC1(O)CCCN(c2ccc(C#N)cn2)CC1. The summed E-state index contributed by atoms with van der Waals surface area (Å²) < 4.78 is 0. The molecule has 0 aliphatic carbocycles. The Kier molecular flexibility index (Phi) is 3.30. The summed E-state index contributed by atoms with van der Waals surface area (Å²) in [6.07, 6.45) is 4.15. The molecular formula is C13H17N3O. The van der Waals surface area contributed by atoms with Crippen LogP contribution in [0.25, 0.3) is 0 Å². The maximum Gasteiger partial charge on any atom is 0.128 e. The lowest BCUT2D eigenvalue weighted by molar-refractivity contribution is 0.0481. The van der Waals surface area contributed by atoms with Crippen molar-refractivity contribution in [2.24, 2.45) is 0 Å². The van der Waals surface area contributed by atoms with Gasteiger partial charge < -0.3 is 10.0 Å². The van der Waals surface area contributed by atoms with Crippen LogP contribution < -0.4 is 4.90 Å². The van der Waals surface area contributed by atoms with Gasteiger partial charge >= 0.3 is 0 Å². The van der Waals surface area contributed by atoms with Crippen LogP contribution >= 0.6 is 0 Å². The number of nitriles is 1. The van der Waals surface area contributed by atoms with E-state index in [2.05, 4.69) is 16.0 Å². The van der Waals surface area contributed by atoms with Crippen LogP contribution in [0.15, 0.2) is 18.3 Å². The summed E-state index contributed by atoms with van der Waals surface area (Å²) in [4.78, 5) is 6.45. The smallest absolute Gasteiger partial charge is 0.128 e. The van der Waals surface area contributed by atoms with Gasteiger partial charge in [-0.3, -0.25) is 0 Å². The van der Waals surface area contributed by atoms with E-state index in [4.69, 9.17) is 5.26 Å². The summed E-state index contributed by atoms with van der Waals surface area (Å²) in [5.41, 5.74) is 0.0250. The molecule has 0 bridgehead atoms. The molecule has 1 unspecified atom stereocenters. The maximum absolute atomic E-state index is 10.0. The van der Waals surface area contributed by atoms with E-state index in [0.29, 0.717) is 5.56 Å². The highest BCUT2D eigenvalue weighted by Gasteiger charge is 2.25. The standard InChI is InChI=1S/C13H17N3O/c1-13(17)5-2-7-16(8-6-13)12-4-3-11(9-14)10-15-12/h3-4,10,17H,2,5-8H2,1H3. The zero-order chi connectivity index (χ0) is 12.3. The van der Waals surface area contributed by atoms with E-state index in [1.54, 1.807) is 12.3 Å². The summed E-state index contributed by atoms with van der Waals surface area (Å²) in [6, 6.07) is 5.72. The van der Waals surface area contributed by atoms with Gasteiger partial charge in [0, 0.05) is 19.3 Å². The Bertz CT molecular complexity index is 419. The molecule has 1 aliphatic rings. The lowest BCUT2D eigenvalue weighted by Gasteiger charge is -2.23. The summed E-state index contributed by atoms with van der Waals surface area (Å²) in [5, 5.41) is 18.7. The molecule has 2 rings (SSSR count). The van der Waals surface area contributed by atoms with Gasteiger partial charge in [0.25, 0.3) is 0 Å². The third-order valence-corrected chi connectivity index (χ3v) is 3.26. The Morgan fingerprint density at radius 1 is 1.41 bits per heavy atom. The van der Waals surface area contributed by atoms with Gasteiger partial charge in [-0.1, -0.05) is 0 Å². The molecule has 4 heteroatoms. The van der Waals surface area contributed by atoms with Gasteiger partial charge in [0.1, 0.15) is 11.9 Å². The van der Waals surface area contributed by atoms with Crippen LogP contribution in [0.3, 0.4) is 0 Å². The minimum absolute atomic E-state index is 0.554. The fourth-order valence-electron chi connectivity index (χ4n) is 2.13. The molecular weight excluding hydrogens is 214 g/mol. The molecule has 0 spiro atoms. The van der Waals surface area contributed by atoms with Gasteiger partial charge in [0.15, 0.2) is 0 Å². The molecule has 2 heterocycles. The van der Waals surface area contributed by atoms with E-state index in [-0.39, 0.29) is 0 Å². The monoisotopic (exact) mass is 231 g/mol. The molecule has 1 fully saturated rings. The number of rotatable bonds is 1. The molecule has 1 aromatic rings. The second kappa shape index (κ2) is 4.72. The van der Waals surface area contributed by atoms with Gasteiger partial charge in [0.05, 0.1) is 11.2 Å². The number of hydrogen-bond donors (Lipinski definition) is 1. The maximum atomic E-state index is 10.0. The van der Waals surface area contributed by atoms with E-state index in [0.717, 1.165) is 38.2 Å².